The normalized spacial score (nSPS) is 17.9. The van der Waals surface area contributed by atoms with E-state index in [9.17, 15) is 0 Å². The zero-order valence-corrected chi connectivity index (χ0v) is 11.3. The number of rotatable bonds is 3. The Balaban J connectivity index is 1.69. The van der Waals surface area contributed by atoms with Crippen molar-refractivity contribution in [3.63, 3.8) is 0 Å². The molecule has 3 rings (SSSR count). The van der Waals surface area contributed by atoms with Crippen LogP contribution in [0.3, 0.4) is 0 Å². The monoisotopic (exact) mass is 259 g/mol. The third kappa shape index (κ3) is 2.26. The van der Waals surface area contributed by atoms with Gasteiger partial charge in [0.2, 0.25) is 0 Å². The Morgan fingerprint density at radius 3 is 3.17 bits per heavy atom. The van der Waals surface area contributed by atoms with Crippen LogP contribution in [0.1, 0.15) is 34.3 Å². The molecule has 1 aliphatic carbocycles. The zero-order chi connectivity index (χ0) is 12.5. The third-order valence-corrected chi connectivity index (χ3v) is 4.26. The number of thiazole rings is 1. The fourth-order valence-electron chi connectivity index (χ4n) is 2.57. The first-order chi connectivity index (χ1) is 8.72. The molecule has 0 spiro atoms. The maximum atomic E-state index is 5.82. The lowest BCUT2D eigenvalue weighted by atomic mass is 10.1. The highest BCUT2D eigenvalue weighted by Gasteiger charge is 2.21. The van der Waals surface area contributed by atoms with E-state index in [0.29, 0.717) is 6.04 Å². The van der Waals surface area contributed by atoms with Crippen LogP contribution in [0, 0.1) is 6.92 Å². The molecule has 94 valence electrons. The van der Waals surface area contributed by atoms with Crippen molar-refractivity contribution in [1.29, 1.82) is 0 Å². The van der Waals surface area contributed by atoms with Gasteiger partial charge < -0.3 is 11.1 Å². The zero-order valence-electron chi connectivity index (χ0n) is 10.4. The molecule has 0 aliphatic heterocycles. The average Bonchev–Trinajstić information content (AvgIpc) is 2.92. The van der Waals surface area contributed by atoms with Crippen LogP contribution >= 0.6 is 11.3 Å². The number of nitrogens with two attached hydrogens (primary N) is 1. The lowest BCUT2D eigenvalue weighted by molar-refractivity contribution is 0.526. The second-order valence-electron chi connectivity index (χ2n) is 4.79. The van der Waals surface area contributed by atoms with Gasteiger partial charge in [-0.25, -0.2) is 4.98 Å². The second kappa shape index (κ2) is 4.71. The van der Waals surface area contributed by atoms with Crippen LogP contribution in [0.25, 0.3) is 0 Å². The van der Waals surface area contributed by atoms with Gasteiger partial charge in [-0.1, -0.05) is 6.07 Å². The molecule has 2 aromatic rings. The predicted molar refractivity (Wildman–Crippen MR) is 75.6 cm³/mol. The van der Waals surface area contributed by atoms with Gasteiger partial charge in [-0.3, -0.25) is 0 Å². The van der Waals surface area contributed by atoms with Gasteiger partial charge in [0.1, 0.15) is 0 Å². The fourth-order valence-corrected chi connectivity index (χ4v) is 3.18. The molecule has 0 bridgehead atoms. The minimum atomic E-state index is 0.447. The molecular formula is C14H17N3S. The number of aryl methyl sites for hydroxylation is 2. The van der Waals surface area contributed by atoms with Crippen molar-refractivity contribution in [3.05, 3.63) is 45.4 Å². The number of fused-ring (bicyclic) bond motifs is 1. The van der Waals surface area contributed by atoms with Crippen molar-refractivity contribution in [2.45, 2.75) is 32.4 Å². The number of nitrogen functional groups attached to an aromatic ring is 1. The van der Waals surface area contributed by atoms with Crippen LogP contribution < -0.4 is 11.1 Å². The summed E-state index contributed by atoms with van der Waals surface area (Å²) in [5, 5.41) is 6.85. The summed E-state index contributed by atoms with van der Waals surface area (Å²) >= 11 is 1.71. The van der Waals surface area contributed by atoms with Gasteiger partial charge in [-0.15, -0.1) is 11.3 Å². The van der Waals surface area contributed by atoms with E-state index < -0.39 is 0 Å². The minimum Gasteiger partial charge on any atom is -0.399 e. The van der Waals surface area contributed by atoms with E-state index in [-0.39, 0.29) is 0 Å². The molecule has 1 unspecified atom stereocenters. The molecule has 1 aromatic heterocycles. The number of hydrogen-bond donors (Lipinski definition) is 2. The number of hydrogen-bond acceptors (Lipinski definition) is 4. The first-order valence-electron chi connectivity index (χ1n) is 6.25. The van der Waals surface area contributed by atoms with Crippen LogP contribution in [-0.2, 0) is 13.0 Å². The summed E-state index contributed by atoms with van der Waals surface area (Å²) in [5.74, 6) is 0. The second-order valence-corrected chi connectivity index (χ2v) is 5.85. The molecular weight excluding hydrogens is 242 g/mol. The molecule has 3 N–H and O–H groups in total. The lowest BCUT2D eigenvalue weighted by Gasteiger charge is -2.13. The Labute approximate surface area is 111 Å². The average molecular weight is 259 g/mol. The predicted octanol–water partition coefficient (Wildman–Crippen LogP) is 2.81. The molecule has 0 radical (unpaired) electrons. The molecule has 4 heteroatoms. The highest BCUT2D eigenvalue weighted by molar-refractivity contribution is 7.09. The van der Waals surface area contributed by atoms with Gasteiger partial charge in [0.05, 0.1) is 10.7 Å². The van der Waals surface area contributed by atoms with E-state index in [1.165, 1.54) is 11.1 Å². The summed E-state index contributed by atoms with van der Waals surface area (Å²) in [7, 11) is 0. The van der Waals surface area contributed by atoms with Crippen molar-refractivity contribution in [2.24, 2.45) is 0 Å². The van der Waals surface area contributed by atoms with Gasteiger partial charge in [-0.2, -0.15) is 0 Å². The summed E-state index contributed by atoms with van der Waals surface area (Å²) in [6, 6.07) is 6.69. The Kier molecular flexibility index (Phi) is 3.06. The van der Waals surface area contributed by atoms with Crippen LogP contribution in [0.4, 0.5) is 5.69 Å². The van der Waals surface area contributed by atoms with Crippen LogP contribution in [0.5, 0.6) is 0 Å². The number of nitrogens with zero attached hydrogens (tertiary/aromatic N) is 1. The molecule has 1 atom stereocenters. The van der Waals surface area contributed by atoms with Crippen LogP contribution in [0.2, 0.25) is 0 Å². The molecule has 0 amide bonds. The smallest absolute Gasteiger partial charge is 0.0897 e. The molecule has 1 aliphatic rings. The van der Waals surface area contributed by atoms with Crippen LogP contribution in [-0.4, -0.2) is 4.98 Å². The van der Waals surface area contributed by atoms with Crippen molar-refractivity contribution in [1.82, 2.24) is 10.3 Å². The highest BCUT2D eigenvalue weighted by Crippen LogP contribution is 2.32. The standard InChI is InChI=1S/C14H17N3S/c1-9-17-12(8-18-9)7-16-14-5-2-10-6-11(15)3-4-13(10)14/h3-4,6,8,14,16H,2,5,7,15H2,1H3. The van der Waals surface area contributed by atoms with E-state index in [4.69, 9.17) is 5.73 Å². The van der Waals surface area contributed by atoms with Crippen molar-refractivity contribution in [3.8, 4) is 0 Å². The van der Waals surface area contributed by atoms with Crippen molar-refractivity contribution >= 4 is 17.0 Å². The van der Waals surface area contributed by atoms with Gasteiger partial charge in [0.15, 0.2) is 0 Å². The first-order valence-corrected chi connectivity index (χ1v) is 7.13. The number of anilines is 1. The maximum absolute atomic E-state index is 5.82. The molecule has 1 aromatic carbocycles. The van der Waals surface area contributed by atoms with E-state index in [1.807, 2.05) is 13.0 Å². The van der Waals surface area contributed by atoms with Gasteiger partial charge >= 0.3 is 0 Å². The molecule has 0 saturated carbocycles. The topological polar surface area (TPSA) is 50.9 Å². The Hall–Kier alpha value is -1.39. The molecule has 3 nitrogen and oxygen atoms in total. The lowest BCUT2D eigenvalue weighted by Crippen LogP contribution is -2.18. The first kappa shape index (κ1) is 11.7. The van der Waals surface area contributed by atoms with E-state index in [1.54, 1.807) is 11.3 Å². The summed E-state index contributed by atoms with van der Waals surface area (Å²) in [6.07, 6.45) is 2.27. The van der Waals surface area contributed by atoms with Gasteiger partial charge in [0, 0.05) is 23.7 Å². The highest BCUT2D eigenvalue weighted by atomic mass is 32.1. The largest absolute Gasteiger partial charge is 0.399 e. The maximum Gasteiger partial charge on any atom is 0.0897 e. The Bertz CT molecular complexity index is 562. The van der Waals surface area contributed by atoms with Gasteiger partial charge in [-0.05, 0) is 43.0 Å². The summed E-state index contributed by atoms with van der Waals surface area (Å²) < 4.78 is 0. The van der Waals surface area contributed by atoms with E-state index in [0.717, 1.165) is 35.8 Å². The number of nitrogens with one attached hydrogen (secondary N) is 1. The fraction of sp³-hybridized carbons (Fsp3) is 0.357. The van der Waals surface area contributed by atoms with E-state index in [2.05, 4.69) is 27.8 Å². The Morgan fingerprint density at radius 1 is 1.50 bits per heavy atom. The third-order valence-electron chi connectivity index (χ3n) is 3.44. The summed E-state index contributed by atoms with van der Waals surface area (Å²) in [6.45, 7) is 2.89. The SMILES string of the molecule is Cc1nc(CNC2CCc3cc(N)ccc32)cs1. The summed E-state index contributed by atoms with van der Waals surface area (Å²) in [5.41, 5.74) is 10.6. The quantitative estimate of drug-likeness (QED) is 0.833. The molecule has 18 heavy (non-hydrogen) atoms. The minimum absolute atomic E-state index is 0.447. The molecule has 0 saturated heterocycles. The molecule has 1 heterocycles. The number of aromatic nitrogens is 1. The van der Waals surface area contributed by atoms with Crippen LogP contribution in [0.15, 0.2) is 23.6 Å². The number of benzene rings is 1. The van der Waals surface area contributed by atoms with Crippen molar-refractivity contribution < 1.29 is 0 Å². The van der Waals surface area contributed by atoms with Gasteiger partial charge in [0.25, 0.3) is 0 Å². The summed E-state index contributed by atoms with van der Waals surface area (Å²) in [4.78, 5) is 4.48. The molecule has 0 fully saturated rings. The van der Waals surface area contributed by atoms with E-state index >= 15 is 0 Å². The van der Waals surface area contributed by atoms with Crippen molar-refractivity contribution in [2.75, 3.05) is 5.73 Å². The Morgan fingerprint density at radius 2 is 2.39 bits per heavy atom.